The lowest BCUT2D eigenvalue weighted by Gasteiger charge is -2.09. The number of nitrogens with one attached hydrogen (secondary N) is 2. The predicted octanol–water partition coefficient (Wildman–Crippen LogP) is 3.86. The fraction of sp³-hybridized carbons (Fsp3) is 0.100. The average Bonchev–Trinajstić information content (AvgIpc) is 3.00. The number of fused-ring (bicyclic) bond motifs is 1. The number of anilines is 2. The van der Waals surface area contributed by atoms with Crippen molar-refractivity contribution in [3.63, 3.8) is 0 Å². The highest BCUT2D eigenvalue weighted by molar-refractivity contribution is 5.99. The molecule has 2 aromatic carbocycles. The number of hydrogen-bond donors (Lipinski definition) is 2. The Balaban J connectivity index is 1.55. The molecule has 0 saturated carbocycles. The van der Waals surface area contributed by atoms with Crippen LogP contribution in [0.15, 0.2) is 67.0 Å². The summed E-state index contributed by atoms with van der Waals surface area (Å²) in [5, 5.41) is 6.26. The van der Waals surface area contributed by atoms with Gasteiger partial charge in [-0.1, -0.05) is 36.4 Å². The number of amides is 1. The van der Waals surface area contributed by atoms with Gasteiger partial charge in [-0.15, -0.1) is 0 Å². The van der Waals surface area contributed by atoms with Crippen molar-refractivity contribution in [1.29, 1.82) is 0 Å². The van der Waals surface area contributed by atoms with Crippen LogP contribution in [-0.4, -0.2) is 10.9 Å². The van der Waals surface area contributed by atoms with Crippen molar-refractivity contribution in [3.8, 4) is 11.1 Å². The molecule has 0 spiro atoms. The van der Waals surface area contributed by atoms with E-state index in [2.05, 4.69) is 39.9 Å². The van der Waals surface area contributed by atoms with Gasteiger partial charge in [0.1, 0.15) is 0 Å². The highest BCUT2D eigenvalue weighted by Crippen LogP contribution is 2.29. The number of benzene rings is 2. The minimum Gasteiger partial charge on any atom is -0.380 e. The largest absolute Gasteiger partial charge is 0.380 e. The molecule has 1 aromatic heterocycles. The maximum atomic E-state index is 11.5. The van der Waals surface area contributed by atoms with Crippen LogP contribution in [0, 0.1) is 0 Å². The van der Waals surface area contributed by atoms with Crippen molar-refractivity contribution in [2.75, 3.05) is 10.6 Å². The molecule has 3 aromatic rings. The summed E-state index contributed by atoms with van der Waals surface area (Å²) >= 11 is 0. The SMILES string of the molecule is O=C1Cc2cc(-c3cncc(NCc4ccccc4)c3)ccc2N1. The molecule has 0 saturated heterocycles. The molecule has 2 N–H and O–H groups in total. The normalized spacial score (nSPS) is 12.6. The van der Waals surface area contributed by atoms with E-state index >= 15 is 0 Å². The Labute approximate surface area is 140 Å². The zero-order valence-corrected chi connectivity index (χ0v) is 13.1. The molecule has 4 rings (SSSR count). The van der Waals surface area contributed by atoms with E-state index < -0.39 is 0 Å². The third-order valence-electron chi connectivity index (χ3n) is 4.14. The minimum atomic E-state index is 0.0542. The number of rotatable bonds is 4. The second kappa shape index (κ2) is 6.16. The molecule has 0 bridgehead atoms. The molecule has 0 radical (unpaired) electrons. The third-order valence-corrected chi connectivity index (χ3v) is 4.14. The number of nitrogens with zero attached hydrogens (tertiary/aromatic N) is 1. The van der Waals surface area contributed by atoms with E-state index in [4.69, 9.17) is 0 Å². The van der Waals surface area contributed by atoms with Gasteiger partial charge in [0.15, 0.2) is 0 Å². The van der Waals surface area contributed by atoms with Gasteiger partial charge in [-0.2, -0.15) is 0 Å². The van der Waals surface area contributed by atoms with Crippen molar-refractivity contribution in [1.82, 2.24) is 4.98 Å². The van der Waals surface area contributed by atoms with Crippen molar-refractivity contribution >= 4 is 17.3 Å². The summed E-state index contributed by atoms with van der Waals surface area (Å²) in [6.45, 7) is 0.759. The van der Waals surface area contributed by atoms with Crippen molar-refractivity contribution in [3.05, 3.63) is 78.1 Å². The zero-order valence-electron chi connectivity index (χ0n) is 13.1. The second-order valence-corrected chi connectivity index (χ2v) is 5.90. The van der Waals surface area contributed by atoms with Gasteiger partial charge in [-0.25, -0.2) is 0 Å². The molecule has 1 amide bonds. The summed E-state index contributed by atoms with van der Waals surface area (Å²) in [5.41, 5.74) is 6.27. The van der Waals surface area contributed by atoms with Gasteiger partial charge in [0.25, 0.3) is 0 Å². The summed E-state index contributed by atoms with van der Waals surface area (Å²) in [5.74, 6) is 0.0542. The average molecular weight is 315 g/mol. The van der Waals surface area contributed by atoms with Gasteiger partial charge in [-0.05, 0) is 34.9 Å². The Morgan fingerprint density at radius 3 is 2.75 bits per heavy atom. The van der Waals surface area contributed by atoms with Crippen LogP contribution in [-0.2, 0) is 17.8 Å². The first-order chi connectivity index (χ1) is 11.8. The first-order valence-electron chi connectivity index (χ1n) is 7.94. The van der Waals surface area contributed by atoms with Crippen LogP contribution >= 0.6 is 0 Å². The number of hydrogen-bond acceptors (Lipinski definition) is 3. The molecular formula is C20H17N3O. The summed E-state index contributed by atoms with van der Waals surface area (Å²) < 4.78 is 0. The Morgan fingerprint density at radius 2 is 1.88 bits per heavy atom. The number of carbonyl (C=O) groups is 1. The minimum absolute atomic E-state index is 0.0542. The van der Waals surface area contributed by atoms with Gasteiger partial charge >= 0.3 is 0 Å². The summed E-state index contributed by atoms with van der Waals surface area (Å²) in [7, 11) is 0. The first kappa shape index (κ1) is 14.5. The second-order valence-electron chi connectivity index (χ2n) is 5.90. The van der Waals surface area contributed by atoms with E-state index in [-0.39, 0.29) is 5.91 Å². The molecular weight excluding hydrogens is 298 g/mol. The van der Waals surface area contributed by atoms with Crippen LogP contribution in [0.25, 0.3) is 11.1 Å². The molecule has 0 aliphatic carbocycles. The van der Waals surface area contributed by atoms with Crippen molar-refractivity contribution < 1.29 is 4.79 Å². The fourth-order valence-corrected chi connectivity index (χ4v) is 2.90. The van der Waals surface area contributed by atoms with E-state index in [0.29, 0.717) is 6.42 Å². The summed E-state index contributed by atoms with van der Waals surface area (Å²) in [6, 6.07) is 18.4. The smallest absolute Gasteiger partial charge is 0.228 e. The standard InChI is InChI=1S/C20H17N3O/c24-20-10-16-8-15(6-7-19(16)23-20)17-9-18(13-21-12-17)22-11-14-4-2-1-3-5-14/h1-9,12-13,22H,10-11H2,(H,23,24). The van der Waals surface area contributed by atoms with Gasteiger partial charge < -0.3 is 10.6 Å². The van der Waals surface area contributed by atoms with E-state index in [9.17, 15) is 4.79 Å². The Kier molecular flexibility index (Phi) is 3.71. The van der Waals surface area contributed by atoms with E-state index in [0.717, 1.165) is 34.6 Å². The summed E-state index contributed by atoms with van der Waals surface area (Å²) in [6.07, 6.45) is 4.12. The lowest BCUT2D eigenvalue weighted by Crippen LogP contribution is -2.03. The molecule has 1 aliphatic rings. The van der Waals surface area contributed by atoms with Gasteiger partial charge in [0, 0.05) is 30.2 Å². The quantitative estimate of drug-likeness (QED) is 0.769. The highest BCUT2D eigenvalue weighted by atomic mass is 16.1. The van der Waals surface area contributed by atoms with Crippen LogP contribution in [0.4, 0.5) is 11.4 Å². The number of pyridine rings is 1. The maximum Gasteiger partial charge on any atom is 0.228 e. The van der Waals surface area contributed by atoms with Gasteiger partial charge in [0.2, 0.25) is 5.91 Å². The zero-order chi connectivity index (χ0) is 16.4. The van der Waals surface area contributed by atoms with E-state index in [1.807, 2.05) is 42.7 Å². The molecule has 0 atom stereocenters. The molecule has 24 heavy (non-hydrogen) atoms. The monoisotopic (exact) mass is 315 g/mol. The lowest BCUT2D eigenvalue weighted by atomic mass is 10.0. The Hall–Kier alpha value is -3.14. The number of carbonyl (C=O) groups excluding carboxylic acids is 1. The lowest BCUT2D eigenvalue weighted by molar-refractivity contribution is -0.115. The fourth-order valence-electron chi connectivity index (χ4n) is 2.90. The first-order valence-corrected chi connectivity index (χ1v) is 7.94. The molecule has 4 heteroatoms. The maximum absolute atomic E-state index is 11.5. The Morgan fingerprint density at radius 1 is 1.00 bits per heavy atom. The molecule has 2 heterocycles. The molecule has 0 fully saturated rings. The van der Waals surface area contributed by atoms with Crippen LogP contribution in [0.3, 0.4) is 0 Å². The van der Waals surface area contributed by atoms with E-state index in [1.165, 1.54) is 5.56 Å². The van der Waals surface area contributed by atoms with Crippen molar-refractivity contribution in [2.24, 2.45) is 0 Å². The number of aromatic nitrogens is 1. The predicted molar refractivity (Wildman–Crippen MR) is 95.8 cm³/mol. The molecule has 4 nitrogen and oxygen atoms in total. The van der Waals surface area contributed by atoms with Gasteiger partial charge in [-0.3, -0.25) is 9.78 Å². The van der Waals surface area contributed by atoms with Crippen LogP contribution in [0.2, 0.25) is 0 Å². The van der Waals surface area contributed by atoms with Gasteiger partial charge in [0.05, 0.1) is 12.1 Å². The van der Waals surface area contributed by atoms with Crippen molar-refractivity contribution in [2.45, 2.75) is 13.0 Å². The molecule has 118 valence electrons. The summed E-state index contributed by atoms with van der Waals surface area (Å²) in [4.78, 5) is 15.8. The van der Waals surface area contributed by atoms with Crippen LogP contribution in [0.5, 0.6) is 0 Å². The topological polar surface area (TPSA) is 54.0 Å². The van der Waals surface area contributed by atoms with Crippen LogP contribution < -0.4 is 10.6 Å². The van der Waals surface area contributed by atoms with Crippen LogP contribution in [0.1, 0.15) is 11.1 Å². The molecule has 0 unspecified atom stereocenters. The molecule has 1 aliphatic heterocycles. The third kappa shape index (κ3) is 2.99. The highest BCUT2D eigenvalue weighted by Gasteiger charge is 2.17. The Bertz CT molecular complexity index is 890. The van der Waals surface area contributed by atoms with E-state index in [1.54, 1.807) is 0 Å².